The van der Waals surface area contributed by atoms with E-state index in [2.05, 4.69) is 40.4 Å². The lowest BCUT2D eigenvalue weighted by Gasteiger charge is -2.09. The molecule has 14 heavy (non-hydrogen) atoms. The van der Waals surface area contributed by atoms with Crippen molar-refractivity contribution in [3.05, 3.63) is 20.8 Å². The lowest BCUT2D eigenvalue weighted by atomic mass is 10.0. The highest BCUT2D eigenvalue weighted by Crippen LogP contribution is 2.31. The lowest BCUT2D eigenvalue weighted by Crippen LogP contribution is -2.21. The van der Waals surface area contributed by atoms with Crippen LogP contribution in [0.15, 0.2) is 15.9 Å². The molecule has 2 rings (SSSR count). The molecule has 1 nitrogen and oxygen atoms in total. The maximum Gasteiger partial charge on any atom is 0.0701 e. The molecule has 78 valence electrons. The fraction of sp³-hybridized carbons (Fsp3) is 0.636. The summed E-state index contributed by atoms with van der Waals surface area (Å²) < 4.78 is 1.26. The van der Waals surface area contributed by atoms with Gasteiger partial charge in [-0.2, -0.15) is 0 Å². The topological polar surface area (TPSA) is 12.0 Å². The zero-order valence-corrected chi connectivity index (χ0v) is 10.8. The van der Waals surface area contributed by atoms with Crippen LogP contribution in [0.4, 0.5) is 0 Å². The monoisotopic (exact) mass is 273 g/mol. The largest absolute Gasteiger partial charge is 0.317 e. The number of hydrogen-bond donors (Lipinski definition) is 1. The highest BCUT2D eigenvalue weighted by atomic mass is 79.9. The molecular formula is C11H16BrNS. The molecule has 0 amide bonds. The van der Waals surface area contributed by atoms with Crippen LogP contribution in [0.5, 0.6) is 0 Å². The molecular weight excluding hydrogens is 258 g/mol. The van der Waals surface area contributed by atoms with Gasteiger partial charge in [0.25, 0.3) is 0 Å². The van der Waals surface area contributed by atoms with Gasteiger partial charge in [0, 0.05) is 10.9 Å². The maximum absolute atomic E-state index is 3.51. The molecule has 1 aliphatic carbocycles. The molecule has 1 aliphatic rings. The molecule has 1 N–H and O–H groups in total. The molecule has 1 saturated carbocycles. The Morgan fingerprint density at radius 1 is 1.50 bits per heavy atom. The first kappa shape index (κ1) is 10.7. The molecule has 2 unspecified atom stereocenters. The minimum absolute atomic E-state index is 0.767. The molecule has 2 atom stereocenters. The summed E-state index contributed by atoms with van der Waals surface area (Å²) in [6.07, 6.45) is 5.37. The van der Waals surface area contributed by atoms with Gasteiger partial charge in [0.15, 0.2) is 0 Å². The van der Waals surface area contributed by atoms with Crippen LogP contribution < -0.4 is 5.32 Å². The van der Waals surface area contributed by atoms with Crippen molar-refractivity contribution >= 4 is 27.3 Å². The molecule has 0 saturated heterocycles. The summed E-state index contributed by atoms with van der Waals surface area (Å²) in [6, 6.07) is 5.18. The van der Waals surface area contributed by atoms with Crippen molar-refractivity contribution in [1.82, 2.24) is 5.32 Å². The summed E-state index contributed by atoms with van der Waals surface area (Å²) in [7, 11) is 2.08. The summed E-state index contributed by atoms with van der Waals surface area (Å²) in [4.78, 5) is 1.53. The third-order valence-electron chi connectivity index (χ3n) is 3.07. The van der Waals surface area contributed by atoms with E-state index >= 15 is 0 Å². The standard InChI is InChI=1S/C11H16BrNS/c1-13-9-3-2-8(6-9)7-10-4-5-11(12)14-10/h4-5,8-9,13H,2-3,6-7H2,1H3. The zero-order chi connectivity index (χ0) is 9.97. The van der Waals surface area contributed by atoms with Crippen molar-refractivity contribution in [1.29, 1.82) is 0 Å². The highest BCUT2D eigenvalue weighted by Gasteiger charge is 2.23. The Labute approximate surface area is 98.0 Å². The maximum atomic E-state index is 3.51. The van der Waals surface area contributed by atoms with E-state index in [0.29, 0.717) is 0 Å². The number of thiophene rings is 1. The van der Waals surface area contributed by atoms with E-state index < -0.39 is 0 Å². The smallest absolute Gasteiger partial charge is 0.0701 e. The molecule has 0 radical (unpaired) electrons. The van der Waals surface area contributed by atoms with E-state index in [-0.39, 0.29) is 0 Å². The molecule has 0 aromatic carbocycles. The van der Waals surface area contributed by atoms with Gasteiger partial charge in [0.2, 0.25) is 0 Å². The fourth-order valence-corrected chi connectivity index (χ4v) is 3.87. The highest BCUT2D eigenvalue weighted by molar-refractivity contribution is 9.11. The number of hydrogen-bond acceptors (Lipinski definition) is 2. The summed E-state index contributed by atoms with van der Waals surface area (Å²) >= 11 is 5.39. The van der Waals surface area contributed by atoms with Gasteiger partial charge in [0.1, 0.15) is 0 Å². The summed E-state index contributed by atoms with van der Waals surface area (Å²) in [5.41, 5.74) is 0. The first-order valence-corrected chi connectivity index (χ1v) is 6.80. The van der Waals surface area contributed by atoms with Gasteiger partial charge >= 0.3 is 0 Å². The van der Waals surface area contributed by atoms with Crippen LogP contribution in [0.3, 0.4) is 0 Å². The average Bonchev–Trinajstić information content (AvgIpc) is 2.76. The minimum atomic E-state index is 0.767. The SMILES string of the molecule is CNC1CCC(Cc2ccc(Br)s2)C1. The van der Waals surface area contributed by atoms with E-state index in [4.69, 9.17) is 0 Å². The molecule has 1 aromatic heterocycles. The van der Waals surface area contributed by atoms with E-state index in [0.717, 1.165) is 12.0 Å². The Kier molecular flexibility index (Phi) is 3.63. The Hall–Kier alpha value is 0.140. The van der Waals surface area contributed by atoms with Crippen molar-refractivity contribution in [2.45, 2.75) is 31.7 Å². The van der Waals surface area contributed by atoms with Crippen molar-refractivity contribution in [2.75, 3.05) is 7.05 Å². The van der Waals surface area contributed by atoms with Crippen LogP contribution in [0.25, 0.3) is 0 Å². The van der Waals surface area contributed by atoms with Gasteiger partial charge in [-0.15, -0.1) is 11.3 Å². The lowest BCUT2D eigenvalue weighted by molar-refractivity contribution is 0.512. The second kappa shape index (κ2) is 4.77. The second-order valence-corrected chi connectivity index (χ2v) is 6.62. The Morgan fingerprint density at radius 2 is 2.36 bits per heavy atom. The Balaban J connectivity index is 1.87. The van der Waals surface area contributed by atoms with E-state index in [9.17, 15) is 0 Å². The zero-order valence-electron chi connectivity index (χ0n) is 8.42. The van der Waals surface area contributed by atoms with Crippen LogP contribution in [0, 0.1) is 5.92 Å². The van der Waals surface area contributed by atoms with E-state index in [1.807, 2.05) is 11.3 Å². The number of nitrogens with one attached hydrogen (secondary N) is 1. The predicted octanol–water partition coefficient (Wildman–Crippen LogP) is 3.44. The van der Waals surface area contributed by atoms with Crippen molar-refractivity contribution in [3.8, 4) is 0 Å². The van der Waals surface area contributed by atoms with Crippen LogP contribution >= 0.6 is 27.3 Å². The molecule has 0 aliphatic heterocycles. The van der Waals surface area contributed by atoms with Crippen LogP contribution in [0.2, 0.25) is 0 Å². The predicted molar refractivity (Wildman–Crippen MR) is 65.9 cm³/mol. The van der Waals surface area contributed by atoms with Gasteiger partial charge < -0.3 is 5.32 Å². The van der Waals surface area contributed by atoms with Crippen molar-refractivity contribution in [2.24, 2.45) is 5.92 Å². The third kappa shape index (κ3) is 2.59. The molecule has 3 heteroatoms. The fourth-order valence-electron chi connectivity index (χ4n) is 2.27. The molecule has 0 spiro atoms. The van der Waals surface area contributed by atoms with Crippen LogP contribution in [-0.4, -0.2) is 13.1 Å². The van der Waals surface area contributed by atoms with Gasteiger partial charge in [-0.1, -0.05) is 0 Å². The average molecular weight is 274 g/mol. The van der Waals surface area contributed by atoms with Gasteiger partial charge in [-0.25, -0.2) is 0 Å². The first-order valence-electron chi connectivity index (χ1n) is 5.19. The van der Waals surface area contributed by atoms with Crippen LogP contribution in [-0.2, 0) is 6.42 Å². The quantitative estimate of drug-likeness (QED) is 0.890. The molecule has 0 bridgehead atoms. The molecule has 1 aromatic rings. The number of halogens is 1. The van der Waals surface area contributed by atoms with Gasteiger partial charge in [0.05, 0.1) is 3.79 Å². The molecule has 1 heterocycles. The first-order chi connectivity index (χ1) is 6.78. The minimum Gasteiger partial charge on any atom is -0.317 e. The van der Waals surface area contributed by atoms with Crippen molar-refractivity contribution < 1.29 is 0 Å². The van der Waals surface area contributed by atoms with Gasteiger partial charge in [-0.05, 0) is 66.7 Å². The van der Waals surface area contributed by atoms with Crippen LogP contribution in [0.1, 0.15) is 24.1 Å². The summed E-state index contributed by atoms with van der Waals surface area (Å²) in [6.45, 7) is 0. The third-order valence-corrected chi connectivity index (χ3v) is 4.71. The van der Waals surface area contributed by atoms with E-state index in [1.54, 1.807) is 0 Å². The second-order valence-electron chi connectivity index (χ2n) is 4.07. The summed E-state index contributed by atoms with van der Waals surface area (Å²) in [5.74, 6) is 0.901. The Morgan fingerprint density at radius 3 is 2.93 bits per heavy atom. The van der Waals surface area contributed by atoms with Crippen molar-refractivity contribution in [3.63, 3.8) is 0 Å². The number of rotatable bonds is 3. The molecule has 1 fully saturated rings. The Bertz CT molecular complexity index is 297. The normalized spacial score (nSPS) is 27.0. The summed E-state index contributed by atoms with van der Waals surface area (Å²) in [5, 5.41) is 3.38. The van der Waals surface area contributed by atoms with E-state index in [1.165, 1.54) is 34.3 Å². The van der Waals surface area contributed by atoms with Gasteiger partial charge in [-0.3, -0.25) is 0 Å².